The summed E-state index contributed by atoms with van der Waals surface area (Å²) in [6.45, 7) is 0.356. The smallest absolute Gasteiger partial charge is 0.160 e. The van der Waals surface area contributed by atoms with Crippen LogP contribution in [0.1, 0.15) is 23.1 Å². The molecule has 0 radical (unpaired) electrons. The molecule has 5 nitrogen and oxygen atoms in total. The lowest BCUT2D eigenvalue weighted by Crippen LogP contribution is -2.24. The van der Waals surface area contributed by atoms with Crippen LogP contribution in [0.15, 0.2) is 36.4 Å². The van der Waals surface area contributed by atoms with Crippen LogP contribution in [0.5, 0.6) is 23.0 Å². The van der Waals surface area contributed by atoms with Crippen molar-refractivity contribution in [3.63, 3.8) is 0 Å². The minimum absolute atomic E-state index is 0.0690. The first kappa shape index (κ1) is 14.5. The molecule has 0 aromatic heterocycles. The van der Waals surface area contributed by atoms with Crippen molar-refractivity contribution in [3.05, 3.63) is 47.5 Å². The Morgan fingerprint density at radius 3 is 2.64 bits per heavy atom. The molecule has 2 aromatic rings. The number of methoxy groups -OCH3 is 2. The lowest BCUT2D eigenvalue weighted by Gasteiger charge is -2.31. The van der Waals surface area contributed by atoms with E-state index in [1.165, 1.54) is 7.11 Å². The third kappa shape index (κ3) is 2.44. The van der Waals surface area contributed by atoms with Crippen LogP contribution in [0.2, 0.25) is 0 Å². The third-order valence-corrected chi connectivity index (χ3v) is 3.97. The predicted molar refractivity (Wildman–Crippen MR) is 80.8 cm³/mol. The van der Waals surface area contributed by atoms with E-state index in [2.05, 4.69) is 0 Å². The Kier molecular flexibility index (Phi) is 3.81. The second-order valence-electron chi connectivity index (χ2n) is 5.20. The average Bonchev–Trinajstić information content (AvgIpc) is 2.56. The number of aliphatic hydroxyl groups excluding tert-OH is 1. The number of phenolic OH excluding ortho intramolecular Hbond substituents is 1. The maximum Gasteiger partial charge on any atom is 0.160 e. The molecule has 1 aliphatic rings. The lowest BCUT2D eigenvalue weighted by atomic mass is 9.87. The summed E-state index contributed by atoms with van der Waals surface area (Å²) in [6.07, 6.45) is -0.715. The second kappa shape index (κ2) is 5.77. The van der Waals surface area contributed by atoms with Crippen molar-refractivity contribution >= 4 is 0 Å². The Balaban J connectivity index is 1.96. The molecular formula is C17H18O5. The fourth-order valence-electron chi connectivity index (χ4n) is 2.71. The molecule has 1 heterocycles. The Morgan fingerprint density at radius 1 is 1.09 bits per heavy atom. The van der Waals surface area contributed by atoms with Crippen LogP contribution < -0.4 is 14.2 Å². The number of aromatic hydroxyl groups is 1. The van der Waals surface area contributed by atoms with Gasteiger partial charge in [-0.2, -0.15) is 0 Å². The van der Waals surface area contributed by atoms with Gasteiger partial charge in [0.2, 0.25) is 0 Å². The number of phenols is 1. The van der Waals surface area contributed by atoms with E-state index in [1.807, 2.05) is 0 Å². The van der Waals surface area contributed by atoms with Gasteiger partial charge >= 0.3 is 0 Å². The molecule has 0 amide bonds. The monoisotopic (exact) mass is 302 g/mol. The minimum atomic E-state index is -0.715. The Labute approximate surface area is 128 Å². The largest absolute Gasteiger partial charge is 0.504 e. The van der Waals surface area contributed by atoms with Crippen molar-refractivity contribution in [1.82, 2.24) is 0 Å². The van der Waals surface area contributed by atoms with Crippen molar-refractivity contribution in [2.75, 3.05) is 20.8 Å². The van der Waals surface area contributed by atoms with Crippen molar-refractivity contribution in [2.45, 2.75) is 12.0 Å². The van der Waals surface area contributed by atoms with Gasteiger partial charge in [0, 0.05) is 11.5 Å². The summed E-state index contributed by atoms with van der Waals surface area (Å²) in [4.78, 5) is 0. The van der Waals surface area contributed by atoms with Gasteiger partial charge in [-0.05, 0) is 35.9 Å². The Bertz CT molecular complexity index is 683. The van der Waals surface area contributed by atoms with Gasteiger partial charge in [-0.25, -0.2) is 0 Å². The van der Waals surface area contributed by atoms with Crippen LogP contribution >= 0.6 is 0 Å². The lowest BCUT2D eigenvalue weighted by molar-refractivity contribution is 0.0885. The number of aliphatic hydroxyl groups is 1. The highest BCUT2D eigenvalue weighted by Gasteiger charge is 2.31. The van der Waals surface area contributed by atoms with Gasteiger partial charge in [0.25, 0.3) is 0 Å². The molecule has 0 saturated heterocycles. The highest BCUT2D eigenvalue weighted by molar-refractivity contribution is 5.47. The van der Waals surface area contributed by atoms with E-state index in [0.29, 0.717) is 29.4 Å². The average molecular weight is 302 g/mol. The van der Waals surface area contributed by atoms with E-state index in [9.17, 15) is 10.2 Å². The molecule has 2 aromatic carbocycles. The fourth-order valence-corrected chi connectivity index (χ4v) is 2.71. The van der Waals surface area contributed by atoms with Gasteiger partial charge in [-0.1, -0.05) is 6.07 Å². The third-order valence-electron chi connectivity index (χ3n) is 3.97. The zero-order valence-corrected chi connectivity index (χ0v) is 12.4. The molecule has 2 N–H and O–H groups in total. The molecule has 1 aliphatic heterocycles. The van der Waals surface area contributed by atoms with Crippen LogP contribution in [-0.2, 0) is 0 Å². The topological polar surface area (TPSA) is 68.2 Å². The molecule has 0 saturated carbocycles. The van der Waals surface area contributed by atoms with E-state index in [0.717, 1.165) is 5.56 Å². The molecule has 2 atom stereocenters. The van der Waals surface area contributed by atoms with E-state index in [1.54, 1.807) is 43.5 Å². The van der Waals surface area contributed by atoms with Crippen LogP contribution in [-0.4, -0.2) is 31.0 Å². The van der Waals surface area contributed by atoms with Crippen molar-refractivity contribution in [1.29, 1.82) is 0 Å². The van der Waals surface area contributed by atoms with Crippen molar-refractivity contribution in [2.24, 2.45) is 0 Å². The molecule has 5 heteroatoms. The number of benzene rings is 2. The molecular weight excluding hydrogens is 284 g/mol. The highest BCUT2D eigenvalue weighted by Crippen LogP contribution is 2.43. The Morgan fingerprint density at radius 2 is 1.91 bits per heavy atom. The van der Waals surface area contributed by atoms with E-state index >= 15 is 0 Å². The van der Waals surface area contributed by atoms with Crippen LogP contribution in [0, 0.1) is 0 Å². The quantitative estimate of drug-likeness (QED) is 0.912. The summed E-state index contributed by atoms with van der Waals surface area (Å²) in [5, 5.41) is 20.4. The first-order valence-electron chi connectivity index (χ1n) is 6.99. The van der Waals surface area contributed by atoms with E-state index < -0.39 is 6.10 Å². The normalized spacial score (nSPS) is 20.0. The maximum atomic E-state index is 10.7. The number of ether oxygens (including phenoxy) is 3. The molecule has 3 rings (SSSR count). The molecule has 0 unspecified atom stereocenters. The molecule has 0 spiro atoms. The zero-order valence-electron chi connectivity index (χ0n) is 12.4. The molecule has 22 heavy (non-hydrogen) atoms. The van der Waals surface area contributed by atoms with Crippen LogP contribution in [0.3, 0.4) is 0 Å². The molecule has 0 bridgehead atoms. The molecule has 116 valence electrons. The zero-order chi connectivity index (χ0) is 15.7. The van der Waals surface area contributed by atoms with E-state index in [-0.39, 0.29) is 11.7 Å². The highest BCUT2D eigenvalue weighted by atomic mass is 16.5. The van der Waals surface area contributed by atoms with Gasteiger partial charge < -0.3 is 24.4 Å². The standard InChI is InChI=1S/C17H18O5/c1-20-11-4-6-15-12(8-11)17(19)13(9-22-15)10-3-5-14(18)16(7-10)21-2/h3-8,13,17-19H,9H2,1-2H3/t13-,17+/m1/s1. The van der Waals surface area contributed by atoms with Gasteiger partial charge in [-0.15, -0.1) is 0 Å². The number of hydrogen-bond donors (Lipinski definition) is 2. The van der Waals surface area contributed by atoms with Crippen LogP contribution in [0.4, 0.5) is 0 Å². The van der Waals surface area contributed by atoms with Gasteiger partial charge in [0.1, 0.15) is 11.5 Å². The van der Waals surface area contributed by atoms with Crippen LogP contribution in [0.25, 0.3) is 0 Å². The second-order valence-corrected chi connectivity index (χ2v) is 5.20. The van der Waals surface area contributed by atoms with E-state index in [4.69, 9.17) is 14.2 Å². The summed E-state index contributed by atoms with van der Waals surface area (Å²) >= 11 is 0. The molecule has 0 aliphatic carbocycles. The minimum Gasteiger partial charge on any atom is -0.504 e. The summed E-state index contributed by atoms with van der Waals surface area (Å²) in [6, 6.07) is 10.4. The summed E-state index contributed by atoms with van der Waals surface area (Å²) in [7, 11) is 3.08. The number of hydrogen-bond acceptors (Lipinski definition) is 5. The number of fused-ring (bicyclic) bond motifs is 1. The molecule has 0 fully saturated rings. The summed E-state index contributed by atoms with van der Waals surface area (Å²) in [5.41, 5.74) is 1.54. The summed E-state index contributed by atoms with van der Waals surface area (Å²) in [5.74, 6) is 1.54. The van der Waals surface area contributed by atoms with Crippen molar-refractivity contribution in [3.8, 4) is 23.0 Å². The first-order valence-corrected chi connectivity index (χ1v) is 6.99. The SMILES string of the molecule is COc1ccc2c(c1)[C@H](O)[C@@H](c1ccc(O)c(OC)c1)CO2. The Hall–Kier alpha value is -2.40. The first-order chi connectivity index (χ1) is 10.6. The summed E-state index contributed by atoms with van der Waals surface area (Å²) < 4.78 is 16.1. The predicted octanol–water partition coefficient (Wildman–Crippen LogP) is 2.62. The van der Waals surface area contributed by atoms with Gasteiger partial charge in [0.15, 0.2) is 11.5 Å². The van der Waals surface area contributed by atoms with Gasteiger partial charge in [0.05, 0.1) is 26.9 Å². The number of rotatable bonds is 3. The maximum absolute atomic E-state index is 10.7. The van der Waals surface area contributed by atoms with Crippen molar-refractivity contribution < 1.29 is 24.4 Å². The fraction of sp³-hybridized carbons (Fsp3) is 0.294. The van der Waals surface area contributed by atoms with Gasteiger partial charge in [-0.3, -0.25) is 0 Å².